The normalized spacial score (nSPS) is 13.9. The molecule has 1 aliphatic heterocycles. The standard InChI is InChI=1S/C15H16N6/c16-13-8-11(14-15(18-13)20-21-19-14)7-9-3-4-12-10(6-9)2-1-5-17-12/h3-4,6,8,17H,1-2,5,7H2,(H3,16,18,19,20,21). The van der Waals surface area contributed by atoms with Crippen molar-refractivity contribution in [2.75, 3.05) is 17.6 Å². The fourth-order valence-corrected chi connectivity index (χ4v) is 2.91. The van der Waals surface area contributed by atoms with E-state index >= 15 is 0 Å². The molecule has 3 heterocycles. The summed E-state index contributed by atoms with van der Waals surface area (Å²) < 4.78 is 0. The highest BCUT2D eigenvalue weighted by Crippen LogP contribution is 2.25. The van der Waals surface area contributed by atoms with Crippen LogP contribution in [0.3, 0.4) is 0 Å². The van der Waals surface area contributed by atoms with Crippen molar-refractivity contribution in [1.29, 1.82) is 0 Å². The molecule has 4 rings (SSSR count). The van der Waals surface area contributed by atoms with Gasteiger partial charge in [-0.25, -0.2) is 4.98 Å². The van der Waals surface area contributed by atoms with Crippen molar-refractivity contribution in [3.63, 3.8) is 0 Å². The number of H-pyrrole nitrogens is 1. The summed E-state index contributed by atoms with van der Waals surface area (Å²) in [5.74, 6) is 0.478. The maximum absolute atomic E-state index is 5.85. The maximum Gasteiger partial charge on any atom is 0.203 e. The van der Waals surface area contributed by atoms with Crippen LogP contribution >= 0.6 is 0 Å². The van der Waals surface area contributed by atoms with Crippen LogP contribution in [0, 0.1) is 0 Å². The number of aryl methyl sites for hydroxylation is 1. The molecule has 0 radical (unpaired) electrons. The molecule has 0 aliphatic carbocycles. The van der Waals surface area contributed by atoms with Crippen LogP contribution in [0.4, 0.5) is 11.5 Å². The third-order valence-electron chi connectivity index (χ3n) is 3.89. The van der Waals surface area contributed by atoms with E-state index in [-0.39, 0.29) is 0 Å². The predicted octanol–water partition coefficient (Wildman–Crippen LogP) is 1.88. The first-order valence-corrected chi connectivity index (χ1v) is 7.11. The third kappa shape index (κ3) is 2.18. The van der Waals surface area contributed by atoms with Crippen molar-refractivity contribution >= 4 is 22.7 Å². The topological polar surface area (TPSA) is 92.5 Å². The number of nitrogens with zero attached hydrogens (tertiary/aromatic N) is 3. The second-order valence-electron chi connectivity index (χ2n) is 5.40. The number of nitrogens with two attached hydrogens (primary N) is 1. The molecule has 0 saturated carbocycles. The van der Waals surface area contributed by atoms with E-state index in [9.17, 15) is 0 Å². The summed E-state index contributed by atoms with van der Waals surface area (Å²) in [5.41, 5.74) is 12.2. The first kappa shape index (κ1) is 12.1. The van der Waals surface area contributed by atoms with E-state index < -0.39 is 0 Å². The van der Waals surface area contributed by atoms with Crippen molar-refractivity contribution in [3.8, 4) is 0 Å². The summed E-state index contributed by atoms with van der Waals surface area (Å²) >= 11 is 0. The van der Waals surface area contributed by atoms with Crippen molar-refractivity contribution < 1.29 is 0 Å². The second kappa shape index (κ2) is 4.73. The van der Waals surface area contributed by atoms with Crippen LogP contribution in [0.2, 0.25) is 0 Å². The van der Waals surface area contributed by atoms with E-state index in [4.69, 9.17) is 5.73 Å². The molecule has 0 unspecified atom stereocenters. The van der Waals surface area contributed by atoms with Crippen molar-refractivity contribution in [3.05, 3.63) is 41.0 Å². The molecular weight excluding hydrogens is 264 g/mol. The Morgan fingerprint density at radius 2 is 2.14 bits per heavy atom. The molecule has 3 aromatic rings. The third-order valence-corrected chi connectivity index (χ3v) is 3.89. The van der Waals surface area contributed by atoms with Gasteiger partial charge in [0.1, 0.15) is 11.3 Å². The summed E-state index contributed by atoms with van der Waals surface area (Å²) in [7, 11) is 0. The van der Waals surface area contributed by atoms with Crippen molar-refractivity contribution in [2.24, 2.45) is 0 Å². The highest BCUT2D eigenvalue weighted by molar-refractivity contribution is 5.76. The highest BCUT2D eigenvalue weighted by Gasteiger charge is 2.12. The first-order valence-electron chi connectivity index (χ1n) is 7.11. The lowest BCUT2D eigenvalue weighted by Crippen LogP contribution is -2.11. The molecule has 1 aromatic carbocycles. The predicted molar refractivity (Wildman–Crippen MR) is 82.2 cm³/mol. The summed E-state index contributed by atoms with van der Waals surface area (Å²) in [6.07, 6.45) is 3.10. The number of nitrogen functional groups attached to an aromatic ring is 1. The monoisotopic (exact) mass is 280 g/mol. The molecule has 21 heavy (non-hydrogen) atoms. The molecule has 0 bridgehead atoms. The number of nitrogens with one attached hydrogen (secondary N) is 2. The molecule has 0 atom stereocenters. The molecule has 4 N–H and O–H groups in total. The van der Waals surface area contributed by atoms with Crippen LogP contribution in [0.1, 0.15) is 23.1 Å². The molecule has 2 aromatic heterocycles. The van der Waals surface area contributed by atoms with Gasteiger partial charge in [-0.05, 0) is 48.1 Å². The summed E-state index contributed by atoms with van der Waals surface area (Å²) in [5, 5.41) is 14.2. The van der Waals surface area contributed by atoms with Crippen LogP contribution in [0.25, 0.3) is 11.2 Å². The summed E-state index contributed by atoms with van der Waals surface area (Å²) in [6, 6.07) is 8.46. The summed E-state index contributed by atoms with van der Waals surface area (Å²) in [4.78, 5) is 4.17. The number of pyridine rings is 1. The number of hydrogen-bond acceptors (Lipinski definition) is 5. The van der Waals surface area contributed by atoms with Crippen LogP contribution in [0.15, 0.2) is 24.3 Å². The van der Waals surface area contributed by atoms with Gasteiger partial charge >= 0.3 is 0 Å². The van der Waals surface area contributed by atoms with Gasteiger partial charge in [0.15, 0.2) is 0 Å². The Bertz CT molecular complexity index is 807. The lowest BCUT2D eigenvalue weighted by Gasteiger charge is -2.18. The minimum Gasteiger partial charge on any atom is -0.385 e. The molecule has 6 nitrogen and oxygen atoms in total. The molecular formula is C15H16N6. The molecule has 0 saturated heterocycles. The Morgan fingerprint density at radius 1 is 1.19 bits per heavy atom. The number of aromatic amines is 1. The van der Waals surface area contributed by atoms with E-state index in [1.807, 2.05) is 6.07 Å². The van der Waals surface area contributed by atoms with E-state index in [1.165, 1.54) is 23.2 Å². The zero-order valence-electron chi connectivity index (χ0n) is 11.6. The minimum atomic E-state index is 0.478. The minimum absolute atomic E-state index is 0.478. The second-order valence-corrected chi connectivity index (χ2v) is 5.40. The Kier molecular flexibility index (Phi) is 2.73. The molecule has 6 heteroatoms. The number of fused-ring (bicyclic) bond motifs is 2. The van der Waals surface area contributed by atoms with Crippen LogP contribution in [-0.4, -0.2) is 26.9 Å². The van der Waals surface area contributed by atoms with Crippen molar-refractivity contribution in [2.45, 2.75) is 19.3 Å². The van der Waals surface area contributed by atoms with Crippen LogP contribution in [-0.2, 0) is 12.8 Å². The van der Waals surface area contributed by atoms with Gasteiger partial charge in [-0.2, -0.15) is 10.3 Å². The average molecular weight is 280 g/mol. The van der Waals surface area contributed by atoms with Crippen LogP contribution in [0.5, 0.6) is 0 Å². The highest BCUT2D eigenvalue weighted by atomic mass is 15.3. The molecule has 1 aliphatic rings. The van der Waals surface area contributed by atoms with Gasteiger partial charge in [-0.15, -0.1) is 5.10 Å². The number of aromatic nitrogens is 4. The Hall–Kier alpha value is -2.63. The SMILES string of the molecule is Nc1cc(Cc2ccc3c(c2)CCCN3)c2n[nH]nc2n1. The molecule has 106 valence electrons. The quantitative estimate of drug-likeness (QED) is 0.666. The number of hydrogen-bond donors (Lipinski definition) is 3. The zero-order valence-corrected chi connectivity index (χ0v) is 11.6. The number of anilines is 2. The smallest absolute Gasteiger partial charge is 0.203 e. The van der Waals surface area contributed by atoms with Gasteiger partial charge in [-0.1, -0.05) is 12.1 Å². The number of benzene rings is 1. The Labute approximate surface area is 121 Å². The Morgan fingerprint density at radius 3 is 3.10 bits per heavy atom. The van der Waals surface area contributed by atoms with Crippen molar-refractivity contribution in [1.82, 2.24) is 20.4 Å². The zero-order chi connectivity index (χ0) is 14.2. The Balaban J connectivity index is 1.72. The first-order chi connectivity index (χ1) is 10.3. The summed E-state index contributed by atoms with van der Waals surface area (Å²) in [6.45, 7) is 1.06. The molecule has 0 spiro atoms. The number of rotatable bonds is 2. The van der Waals surface area contributed by atoms with Gasteiger partial charge in [0.25, 0.3) is 0 Å². The lowest BCUT2D eigenvalue weighted by molar-refractivity contribution is 0.828. The fourth-order valence-electron chi connectivity index (χ4n) is 2.91. The van der Waals surface area contributed by atoms with E-state index in [0.717, 1.165) is 30.5 Å². The van der Waals surface area contributed by atoms with Gasteiger partial charge in [0.2, 0.25) is 5.65 Å². The lowest BCUT2D eigenvalue weighted by atomic mass is 9.97. The maximum atomic E-state index is 5.85. The van der Waals surface area contributed by atoms with E-state index in [0.29, 0.717) is 11.5 Å². The largest absolute Gasteiger partial charge is 0.385 e. The molecule has 0 amide bonds. The van der Waals surface area contributed by atoms with Gasteiger partial charge in [-0.3, -0.25) is 0 Å². The molecule has 0 fully saturated rings. The van der Waals surface area contributed by atoms with Gasteiger partial charge in [0, 0.05) is 12.2 Å². The average Bonchev–Trinajstić information content (AvgIpc) is 2.95. The fraction of sp³-hybridized carbons (Fsp3) is 0.267. The van der Waals surface area contributed by atoms with Crippen LogP contribution < -0.4 is 11.1 Å². The van der Waals surface area contributed by atoms with E-state index in [1.54, 1.807) is 0 Å². The van der Waals surface area contributed by atoms with E-state index in [2.05, 4.69) is 43.9 Å². The van der Waals surface area contributed by atoms with Gasteiger partial charge < -0.3 is 11.1 Å². The van der Waals surface area contributed by atoms with Gasteiger partial charge in [0.05, 0.1) is 0 Å².